The summed E-state index contributed by atoms with van der Waals surface area (Å²) in [5.41, 5.74) is 1.41. The maximum atomic E-state index is 4.04. The van der Waals surface area contributed by atoms with Gasteiger partial charge in [-0.2, -0.15) is 0 Å². The molecule has 0 spiro atoms. The van der Waals surface area contributed by atoms with Crippen molar-refractivity contribution in [3.8, 4) is 0 Å². The summed E-state index contributed by atoms with van der Waals surface area (Å²) >= 11 is 0. The van der Waals surface area contributed by atoms with E-state index in [4.69, 9.17) is 0 Å². The van der Waals surface area contributed by atoms with E-state index in [9.17, 15) is 0 Å². The van der Waals surface area contributed by atoms with Crippen LogP contribution >= 0.6 is 0 Å². The Bertz CT molecular complexity index is 124. The Labute approximate surface area is 64.3 Å². The number of hydrogen-bond donors (Lipinski definition) is 0. The first-order valence-corrected chi connectivity index (χ1v) is 4.41. The van der Waals surface area contributed by atoms with Crippen molar-refractivity contribution in [3.63, 3.8) is 0 Å². The second kappa shape index (κ2) is 3.23. The van der Waals surface area contributed by atoms with E-state index in [-0.39, 0.29) is 0 Å². The summed E-state index contributed by atoms with van der Waals surface area (Å²) in [6.45, 7) is 8.51. The van der Waals surface area contributed by atoms with Crippen LogP contribution in [0, 0.1) is 11.8 Å². The largest absolute Gasteiger partial charge is 0.0999 e. The fraction of sp³-hybridized carbons (Fsp3) is 0.800. The lowest BCUT2D eigenvalue weighted by atomic mass is 9.89. The highest BCUT2D eigenvalue weighted by Crippen LogP contribution is 2.37. The number of rotatable bonds is 2. The minimum atomic E-state index is 0.852. The Balaban J connectivity index is 2.50. The molecule has 58 valence electrons. The van der Waals surface area contributed by atoms with Gasteiger partial charge in [0.2, 0.25) is 0 Å². The standard InChI is InChI=1S/C10H18/c1-4-9-6-5-7-10(9)8(2)3/h9-10H,2,4-7H2,1,3H3/t9-,10+/m1/s1. The van der Waals surface area contributed by atoms with Gasteiger partial charge in [0.05, 0.1) is 0 Å². The monoisotopic (exact) mass is 138 g/mol. The Kier molecular flexibility index (Phi) is 2.53. The molecule has 0 unspecified atom stereocenters. The van der Waals surface area contributed by atoms with E-state index in [0.29, 0.717) is 0 Å². The maximum Gasteiger partial charge on any atom is -0.0180 e. The summed E-state index contributed by atoms with van der Waals surface area (Å²) in [5, 5.41) is 0. The molecule has 0 aliphatic heterocycles. The average Bonchev–Trinajstić information content (AvgIpc) is 2.33. The normalized spacial score (nSPS) is 32.6. The molecule has 0 heterocycles. The van der Waals surface area contributed by atoms with Crippen molar-refractivity contribution in [2.75, 3.05) is 0 Å². The lowest BCUT2D eigenvalue weighted by Crippen LogP contribution is -2.06. The molecular formula is C10H18. The molecule has 1 rings (SSSR count). The lowest BCUT2D eigenvalue weighted by molar-refractivity contribution is 0.427. The molecule has 1 aliphatic rings. The van der Waals surface area contributed by atoms with Gasteiger partial charge in [0.25, 0.3) is 0 Å². The van der Waals surface area contributed by atoms with E-state index < -0.39 is 0 Å². The third kappa shape index (κ3) is 1.42. The van der Waals surface area contributed by atoms with Crippen LogP contribution in [-0.4, -0.2) is 0 Å². The van der Waals surface area contributed by atoms with Crippen molar-refractivity contribution in [2.24, 2.45) is 11.8 Å². The van der Waals surface area contributed by atoms with Crippen LogP contribution < -0.4 is 0 Å². The minimum Gasteiger partial charge on any atom is -0.0999 e. The van der Waals surface area contributed by atoms with E-state index in [0.717, 1.165) is 11.8 Å². The molecule has 0 amide bonds. The van der Waals surface area contributed by atoms with Gasteiger partial charge in [-0.05, 0) is 31.6 Å². The van der Waals surface area contributed by atoms with Gasteiger partial charge in [-0.25, -0.2) is 0 Å². The third-order valence-electron chi connectivity index (χ3n) is 2.82. The molecule has 1 fully saturated rings. The highest BCUT2D eigenvalue weighted by molar-refractivity contribution is 5.01. The number of hydrogen-bond acceptors (Lipinski definition) is 0. The summed E-state index contributed by atoms with van der Waals surface area (Å²) in [5.74, 6) is 1.81. The van der Waals surface area contributed by atoms with E-state index in [1.807, 2.05) is 0 Å². The summed E-state index contributed by atoms with van der Waals surface area (Å²) in [4.78, 5) is 0. The van der Waals surface area contributed by atoms with Crippen LogP contribution in [0.25, 0.3) is 0 Å². The zero-order chi connectivity index (χ0) is 7.56. The molecule has 10 heavy (non-hydrogen) atoms. The Morgan fingerprint density at radius 3 is 2.60 bits per heavy atom. The van der Waals surface area contributed by atoms with Crippen LogP contribution in [0.15, 0.2) is 12.2 Å². The summed E-state index contributed by atoms with van der Waals surface area (Å²) < 4.78 is 0. The second-order valence-corrected chi connectivity index (χ2v) is 3.55. The lowest BCUT2D eigenvalue weighted by Gasteiger charge is -2.17. The molecule has 0 nitrogen and oxygen atoms in total. The second-order valence-electron chi connectivity index (χ2n) is 3.55. The highest BCUT2D eigenvalue weighted by atomic mass is 14.3. The molecule has 1 saturated carbocycles. The van der Waals surface area contributed by atoms with Crippen molar-refractivity contribution in [3.05, 3.63) is 12.2 Å². The smallest absolute Gasteiger partial charge is 0.0180 e. The van der Waals surface area contributed by atoms with Crippen LogP contribution in [0.1, 0.15) is 39.5 Å². The van der Waals surface area contributed by atoms with E-state index in [1.54, 1.807) is 0 Å². The van der Waals surface area contributed by atoms with Gasteiger partial charge in [-0.3, -0.25) is 0 Å². The predicted molar refractivity (Wildman–Crippen MR) is 45.9 cm³/mol. The van der Waals surface area contributed by atoms with Gasteiger partial charge in [-0.15, -0.1) is 0 Å². The molecule has 0 saturated heterocycles. The topological polar surface area (TPSA) is 0 Å². The molecule has 2 atom stereocenters. The highest BCUT2D eigenvalue weighted by Gasteiger charge is 2.25. The van der Waals surface area contributed by atoms with Gasteiger partial charge >= 0.3 is 0 Å². The summed E-state index contributed by atoms with van der Waals surface area (Å²) in [6.07, 6.45) is 5.61. The van der Waals surface area contributed by atoms with Gasteiger partial charge in [0.1, 0.15) is 0 Å². The summed E-state index contributed by atoms with van der Waals surface area (Å²) in [7, 11) is 0. The Morgan fingerprint density at radius 1 is 1.50 bits per heavy atom. The molecule has 0 N–H and O–H groups in total. The molecule has 0 aromatic heterocycles. The molecule has 1 aliphatic carbocycles. The number of allylic oxidation sites excluding steroid dienone is 1. The minimum absolute atomic E-state index is 0.852. The van der Waals surface area contributed by atoms with Gasteiger partial charge in [-0.1, -0.05) is 31.9 Å². The van der Waals surface area contributed by atoms with Gasteiger partial charge in [0, 0.05) is 0 Å². The first kappa shape index (κ1) is 7.84. The molecular weight excluding hydrogens is 120 g/mol. The van der Waals surface area contributed by atoms with Crippen molar-refractivity contribution >= 4 is 0 Å². The van der Waals surface area contributed by atoms with Crippen LogP contribution in [0.5, 0.6) is 0 Å². The zero-order valence-electron chi connectivity index (χ0n) is 7.19. The first-order chi connectivity index (χ1) is 4.75. The predicted octanol–water partition coefficient (Wildman–Crippen LogP) is 3.39. The van der Waals surface area contributed by atoms with E-state index >= 15 is 0 Å². The molecule has 0 heteroatoms. The van der Waals surface area contributed by atoms with E-state index in [1.165, 1.54) is 31.3 Å². The molecule has 0 aromatic carbocycles. The van der Waals surface area contributed by atoms with Crippen molar-refractivity contribution in [1.29, 1.82) is 0 Å². The van der Waals surface area contributed by atoms with Gasteiger partial charge in [0.15, 0.2) is 0 Å². The Morgan fingerprint density at radius 2 is 2.20 bits per heavy atom. The average molecular weight is 138 g/mol. The molecule has 0 radical (unpaired) electrons. The fourth-order valence-corrected chi connectivity index (χ4v) is 2.17. The summed E-state index contributed by atoms with van der Waals surface area (Å²) in [6, 6.07) is 0. The Hall–Kier alpha value is -0.260. The van der Waals surface area contributed by atoms with Crippen LogP contribution in [0.4, 0.5) is 0 Å². The van der Waals surface area contributed by atoms with Crippen LogP contribution in [0.2, 0.25) is 0 Å². The van der Waals surface area contributed by atoms with Crippen molar-refractivity contribution < 1.29 is 0 Å². The van der Waals surface area contributed by atoms with Crippen LogP contribution in [0.3, 0.4) is 0 Å². The zero-order valence-corrected chi connectivity index (χ0v) is 7.19. The fourth-order valence-electron chi connectivity index (χ4n) is 2.17. The molecule has 0 aromatic rings. The van der Waals surface area contributed by atoms with Crippen molar-refractivity contribution in [1.82, 2.24) is 0 Å². The third-order valence-corrected chi connectivity index (χ3v) is 2.82. The first-order valence-electron chi connectivity index (χ1n) is 4.41. The maximum absolute atomic E-state index is 4.04. The molecule has 0 bridgehead atoms. The van der Waals surface area contributed by atoms with Crippen LogP contribution in [-0.2, 0) is 0 Å². The van der Waals surface area contributed by atoms with Gasteiger partial charge < -0.3 is 0 Å². The quantitative estimate of drug-likeness (QED) is 0.513. The van der Waals surface area contributed by atoms with E-state index in [2.05, 4.69) is 20.4 Å². The SMILES string of the molecule is C=C(C)[C@@H]1CCC[C@H]1CC. The van der Waals surface area contributed by atoms with Crippen molar-refractivity contribution in [2.45, 2.75) is 39.5 Å².